The van der Waals surface area contributed by atoms with Gasteiger partial charge >= 0.3 is 0 Å². The molecule has 0 spiro atoms. The fourth-order valence-corrected chi connectivity index (χ4v) is 2.96. The van der Waals surface area contributed by atoms with Crippen molar-refractivity contribution in [2.24, 2.45) is 0 Å². The summed E-state index contributed by atoms with van der Waals surface area (Å²) < 4.78 is 0. The molecule has 0 aliphatic carbocycles. The Bertz CT molecular complexity index is 627. The smallest absolute Gasteiger partial charge is 0.279 e. The third kappa shape index (κ3) is 3.40. The maximum absolute atomic E-state index is 12.3. The van der Waals surface area contributed by atoms with Gasteiger partial charge in [0.1, 0.15) is 26.2 Å². The minimum atomic E-state index is 0.112. The van der Waals surface area contributed by atoms with Crippen LogP contribution in [0, 0.1) is 0 Å². The summed E-state index contributed by atoms with van der Waals surface area (Å²) in [5, 5.41) is 5.34. The number of likely N-dealkylation sites (N-methyl/N-ethyl adjacent to an activating group) is 1. The Morgan fingerprint density at radius 1 is 1.05 bits per heavy atom. The normalized spacial score (nSPS) is 22.1. The van der Waals surface area contributed by atoms with Crippen LogP contribution >= 0.6 is 0 Å². The molecule has 3 rings (SSSR count). The lowest BCUT2D eigenvalue weighted by atomic mass is 10.1. The summed E-state index contributed by atoms with van der Waals surface area (Å²) >= 11 is 0. The van der Waals surface area contributed by atoms with E-state index in [1.54, 1.807) is 4.90 Å². The van der Waals surface area contributed by atoms with E-state index in [1.165, 1.54) is 4.90 Å². The zero-order chi connectivity index (χ0) is 14.7. The summed E-state index contributed by atoms with van der Waals surface area (Å²) in [7, 11) is 2.22. The first kappa shape index (κ1) is 14.0. The lowest BCUT2D eigenvalue weighted by molar-refractivity contribution is -0.999. The van der Waals surface area contributed by atoms with E-state index < -0.39 is 0 Å². The van der Waals surface area contributed by atoms with Gasteiger partial charge in [-0.25, -0.2) is 0 Å². The Morgan fingerprint density at radius 2 is 1.76 bits per heavy atom. The lowest BCUT2D eigenvalue weighted by Crippen LogP contribution is -3.27. The van der Waals surface area contributed by atoms with Gasteiger partial charge in [0.2, 0.25) is 0 Å². The molecule has 0 saturated carbocycles. The van der Waals surface area contributed by atoms with Gasteiger partial charge in [0.25, 0.3) is 5.91 Å². The molecule has 1 saturated heterocycles. The molecule has 1 amide bonds. The summed E-state index contributed by atoms with van der Waals surface area (Å²) in [6.45, 7) is 5.02. The Kier molecular flexibility index (Phi) is 4.18. The van der Waals surface area contributed by atoms with Gasteiger partial charge in [-0.1, -0.05) is 36.4 Å². The third-order valence-corrected chi connectivity index (χ3v) is 4.28. The van der Waals surface area contributed by atoms with Crippen LogP contribution in [0.15, 0.2) is 42.5 Å². The minimum absolute atomic E-state index is 0.112. The van der Waals surface area contributed by atoms with Crippen molar-refractivity contribution in [3.63, 3.8) is 0 Å². The Balaban J connectivity index is 1.66. The summed E-state index contributed by atoms with van der Waals surface area (Å²) in [4.78, 5) is 15.2. The summed E-state index contributed by atoms with van der Waals surface area (Å²) in [6.07, 6.45) is 0. The van der Waals surface area contributed by atoms with Gasteiger partial charge in [0, 0.05) is 11.1 Å². The summed E-state index contributed by atoms with van der Waals surface area (Å²) in [5.41, 5.74) is 0.914. The van der Waals surface area contributed by atoms with Gasteiger partial charge in [0.05, 0.1) is 7.05 Å². The number of hydrogen-bond acceptors (Lipinski definition) is 1. The van der Waals surface area contributed by atoms with Crippen molar-refractivity contribution in [1.29, 1.82) is 0 Å². The molecule has 110 valence electrons. The second kappa shape index (κ2) is 6.24. The van der Waals surface area contributed by atoms with Crippen molar-refractivity contribution in [3.8, 4) is 0 Å². The van der Waals surface area contributed by atoms with Crippen molar-refractivity contribution < 1.29 is 14.6 Å². The van der Waals surface area contributed by atoms with E-state index in [0.717, 1.165) is 42.6 Å². The highest BCUT2D eigenvalue weighted by molar-refractivity contribution is 6.02. The van der Waals surface area contributed by atoms with Gasteiger partial charge in [-0.2, -0.15) is 0 Å². The van der Waals surface area contributed by atoms with Crippen LogP contribution in [0.3, 0.4) is 0 Å². The van der Waals surface area contributed by atoms with Gasteiger partial charge in [-0.05, 0) is 11.5 Å². The first-order chi connectivity index (χ1) is 10.2. The quantitative estimate of drug-likeness (QED) is 0.678. The molecule has 0 unspecified atom stereocenters. The molecule has 1 aliphatic heterocycles. The number of quaternary nitrogens is 2. The van der Waals surface area contributed by atoms with Crippen molar-refractivity contribution in [2.45, 2.75) is 0 Å². The predicted octanol–water partition coefficient (Wildman–Crippen LogP) is -0.808. The Labute approximate surface area is 125 Å². The van der Waals surface area contributed by atoms with Crippen LogP contribution in [0.5, 0.6) is 0 Å². The average molecular weight is 285 g/mol. The number of amides is 1. The number of hydrogen-bond donors (Lipinski definition) is 3. The average Bonchev–Trinajstić information content (AvgIpc) is 2.50. The van der Waals surface area contributed by atoms with Crippen molar-refractivity contribution >= 4 is 22.4 Å². The van der Waals surface area contributed by atoms with Gasteiger partial charge in [-0.3, -0.25) is 4.79 Å². The minimum Gasteiger partial charge on any atom is -0.328 e. The van der Waals surface area contributed by atoms with Crippen LogP contribution in [0.2, 0.25) is 0 Å². The largest absolute Gasteiger partial charge is 0.328 e. The molecule has 4 nitrogen and oxygen atoms in total. The van der Waals surface area contributed by atoms with Crippen molar-refractivity contribution in [3.05, 3.63) is 42.5 Å². The number of anilines is 1. The molecule has 21 heavy (non-hydrogen) atoms. The van der Waals surface area contributed by atoms with Crippen LogP contribution in [0.25, 0.3) is 10.8 Å². The van der Waals surface area contributed by atoms with E-state index in [-0.39, 0.29) is 5.91 Å². The molecule has 0 atom stereocenters. The Morgan fingerprint density at radius 3 is 2.57 bits per heavy atom. The molecular weight excluding hydrogens is 262 g/mol. The molecular formula is C17H23N3O+2. The van der Waals surface area contributed by atoms with E-state index in [9.17, 15) is 4.79 Å². The standard InChI is InChI=1S/C17H21N3O/c1-19-9-11-20(12-10-19)13-17(21)18-16-8-4-6-14-5-2-3-7-15(14)16/h2-8H,9-13H2,1H3,(H,18,21)/p+2. The van der Waals surface area contributed by atoms with Crippen LogP contribution in [0.4, 0.5) is 5.69 Å². The van der Waals surface area contributed by atoms with Crippen LogP contribution < -0.4 is 15.1 Å². The van der Waals surface area contributed by atoms with E-state index in [0.29, 0.717) is 6.54 Å². The second-order valence-electron chi connectivity index (χ2n) is 5.96. The molecule has 1 heterocycles. The van der Waals surface area contributed by atoms with E-state index in [2.05, 4.69) is 30.6 Å². The van der Waals surface area contributed by atoms with Crippen LogP contribution in [0.1, 0.15) is 0 Å². The second-order valence-corrected chi connectivity index (χ2v) is 5.96. The highest BCUT2D eigenvalue weighted by Crippen LogP contribution is 2.22. The van der Waals surface area contributed by atoms with E-state index in [1.807, 2.05) is 24.3 Å². The molecule has 1 fully saturated rings. The number of rotatable bonds is 3. The number of fused-ring (bicyclic) bond motifs is 1. The van der Waals surface area contributed by atoms with Gasteiger partial charge < -0.3 is 15.1 Å². The number of carbonyl (C=O) groups is 1. The SMILES string of the molecule is C[NH+]1CC[NH+](CC(=O)Nc2cccc3ccccc23)CC1. The highest BCUT2D eigenvalue weighted by Gasteiger charge is 2.22. The first-order valence-corrected chi connectivity index (χ1v) is 7.65. The van der Waals surface area contributed by atoms with Gasteiger partial charge in [-0.15, -0.1) is 0 Å². The molecule has 3 N–H and O–H groups in total. The summed E-state index contributed by atoms with van der Waals surface area (Å²) in [6, 6.07) is 14.2. The number of piperazine rings is 1. The maximum atomic E-state index is 12.3. The van der Waals surface area contributed by atoms with E-state index >= 15 is 0 Å². The van der Waals surface area contributed by atoms with Crippen LogP contribution in [-0.2, 0) is 4.79 Å². The molecule has 2 aromatic carbocycles. The molecule has 0 radical (unpaired) electrons. The maximum Gasteiger partial charge on any atom is 0.279 e. The zero-order valence-electron chi connectivity index (χ0n) is 12.5. The monoisotopic (exact) mass is 285 g/mol. The Hall–Kier alpha value is -1.91. The van der Waals surface area contributed by atoms with Gasteiger partial charge in [0.15, 0.2) is 6.54 Å². The lowest BCUT2D eigenvalue weighted by Gasteiger charge is -2.26. The molecule has 4 heteroatoms. The number of carbonyl (C=O) groups excluding carboxylic acids is 1. The zero-order valence-corrected chi connectivity index (χ0v) is 12.5. The topological polar surface area (TPSA) is 38.0 Å². The number of benzene rings is 2. The van der Waals surface area contributed by atoms with E-state index in [4.69, 9.17) is 0 Å². The molecule has 0 aromatic heterocycles. The number of nitrogens with one attached hydrogen (secondary N) is 3. The highest BCUT2D eigenvalue weighted by atomic mass is 16.2. The first-order valence-electron chi connectivity index (χ1n) is 7.65. The predicted molar refractivity (Wildman–Crippen MR) is 84.8 cm³/mol. The molecule has 0 bridgehead atoms. The van der Waals surface area contributed by atoms with Crippen molar-refractivity contribution in [1.82, 2.24) is 0 Å². The third-order valence-electron chi connectivity index (χ3n) is 4.28. The molecule has 2 aromatic rings. The fourth-order valence-electron chi connectivity index (χ4n) is 2.96. The van der Waals surface area contributed by atoms with Crippen molar-refractivity contribution in [2.75, 3.05) is 45.1 Å². The van der Waals surface area contributed by atoms with Crippen LogP contribution in [-0.4, -0.2) is 45.7 Å². The fraction of sp³-hybridized carbons (Fsp3) is 0.353. The summed E-state index contributed by atoms with van der Waals surface area (Å²) in [5.74, 6) is 0.112. The molecule has 1 aliphatic rings.